The highest BCUT2D eigenvalue weighted by molar-refractivity contribution is 9.10. The topological polar surface area (TPSA) is 32.3 Å². The van der Waals surface area contributed by atoms with Crippen LogP contribution in [-0.2, 0) is 0 Å². The molecule has 0 amide bonds. The smallest absolute Gasteiger partial charge is 0.156 e. The number of hydrogen-bond acceptors (Lipinski definition) is 2. The van der Waals surface area contributed by atoms with Crippen LogP contribution in [0.5, 0.6) is 0 Å². The summed E-state index contributed by atoms with van der Waals surface area (Å²) in [5.74, 6) is -0.542. The van der Waals surface area contributed by atoms with E-state index < -0.39 is 11.9 Å². The summed E-state index contributed by atoms with van der Waals surface area (Å²) in [6.45, 7) is 0.361. The Morgan fingerprint density at radius 1 is 1.64 bits per heavy atom. The standard InChI is InChI=1S/C9H10BrClFNO/c1-13-4-7(14)5-2-3-6(11)9(12)8(5)10/h2-3,7,13-14H,4H2,1H3. The van der Waals surface area contributed by atoms with E-state index in [0.29, 0.717) is 12.1 Å². The first-order chi connectivity index (χ1) is 6.57. The Hall–Kier alpha value is -0.160. The SMILES string of the molecule is CNCC(O)c1ccc(Cl)c(F)c1Br. The molecule has 0 aromatic heterocycles. The van der Waals surface area contributed by atoms with Crippen LogP contribution < -0.4 is 5.32 Å². The third kappa shape index (κ3) is 2.45. The van der Waals surface area contributed by atoms with Crippen LogP contribution in [0.25, 0.3) is 0 Å². The minimum absolute atomic E-state index is 0.0392. The molecule has 0 heterocycles. The molecule has 1 unspecified atom stereocenters. The number of rotatable bonds is 3. The van der Waals surface area contributed by atoms with Gasteiger partial charge in [0, 0.05) is 6.54 Å². The molecule has 0 bridgehead atoms. The largest absolute Gasteiger partial charge is 0.387 e. The predicted molar refractivity (Wildman–Crippen MR) is 58.0 cm³/mol. The second kappa shape index (κ2) is 5.07. The molecular weight excluding hydrogens is 272 g/mol. The van der Waals surface area contributed by atoms with Gasteiger partial charge in [-0.3, -0.25) is 0 Å². The predicted octanol–water partition coefficient (Wildman–Crippen LogP) is 2.49. The summed E-state index contributed by atoms with van der Waals surface area (Å²) in [4.78, 5) is 0. The normalized spacial score (nSPS) is 12.9. The molecule has 1 atom stereocenters. The number of nitrogens with one attached hydrogen (secondary N) is 1. The van der Waals surface area contributed by atoms with E-state index >= 15 is 0 Å². The molecule has 78 valence electrons. The maximum atomic E-state index is 13.3. The molecule has 1 rings (SSSR count). The van der Waals surface area contributed by atoms with Crippen LogP contribution in [0.3, 0.4) is 0 Å². The van der Waals surface area contributed by atoms with Crippen molar-refractivity contribution in [3.8, 4) is 0 Å². The molecule has 0 saturated heterocycles. The van der Waals surface area contributed by atoms with Gasteiger partial charge in [-0.05, 0) is 34.6 Å². The van der Waals surface area contributed by atoms with Crippen molar-refractivity contribution in [3.63, 3.8) is 0 Å². The maximum absolute atomic E-state index is 13.3. The molecule has 2 N–H and O–H groups in total. The van der Waals surface area contributed by atoms with E-state index in [1.54, 1.807) is 13.1 Å². The summed E-state index contributed by atoms with van der Waals surface area (Å²) in [6, 6.07) is 3.02. The van der Waals surface area contributed by atoms with Gasteiger partial charge in [-0.25, -0.2) is 4.39 Å². The average Bonchev–Trinajstić information content (AvgIpc) is 2.15. The van der Waals surface area contributed by atoms with Crippen molar-refractivity contribution in [2.24, 2.45) is 0 Å². The summed E-state index contributed by atoms with van der Waals surface area (Å²) in [5.41, 5.74) is 0.487. The lowest BCUT2D eigenvalue weighted by Crippen LogP contribution is -2.17. The molecular formula is C9H10BrClFNO. The average molecular weight is 283 g/mol. The third-order valence-electron chi connectivity index (χ3n) is 1.82. The molecule has 0 aliphatic heterocycles. The van der Waals surface area contributed by atoms with Crippen molar-refractivity contribution in [2.45, 2.75) is 6.10 Å². The van der Waals surface area contributed by atoms with Crippen LogP contribution in [0.2, 0.25) is 5.02 Å². The first kappa shape index (κ1) is 11.9. The lowest BCUT2D eigenvalue weighted by Gasteiger charge is -2.13. The lowest BCUT2D eigenvalue weighted by molar-refractivity contribution is 0.176. The van der Waals surface area contributed by atoms with Gasteiger partial charge in [-0.15, -0.1) is 0 Å². The van der Waals surface area contributed by atoms with Crippen molar-refractivity contribution in [1.82, 2.24) is 5.32 Å². The maximum Gasteiger partial charge on any atom is 0.156 e. The molecule has 0 spiro atoms. The van der Waals surface area contributed by atoms with E-state index in [9.17, 15) is 9.50 Å². The van der Waals surface area contributed by atoms with Crippen LogP contribution in [0, 0.1) is 5.82 Å². The minimum atomic E-state index is -0.749. The summed E-state index contributed by atoms with van der Waals surface area (Å²) < 4.78 is 13.5. The van der Waals surface area contributed by atoms with Gasteiger partial charge in [-0.2, -0.15) is 0 Å². The fourth-order valence-electron chi connectivity index (χ4n) is 1.10. The van der Waals surface area contributed by atoms with E-state index in [4.69, 9.17) is 11.6 Å². The number of aliphatic hydroxyl groups excluding tert-OH is 1. The second-order valence-corrected chi connectivity index (χ2v) is 4.04. The van der Waals surface area contributed by atoms with Crippen molar-refractivity contribution in [3.05, 3.63) is 33.0 Å². The highest BCUT2D eigenvalue weighted by Gasteiger charge is 2.15. The summed E-state index contributed by atoms with van der Waals surface area (Å²) in [5, 5.41) is 12.5. The van der Waals surface area contributed by atoms with E-state index in [1.165, 1.54) is 6.07 Å². The van der Waals surface area contributed by atoms with Crippen LogP contribution in [0.1, 0.15) is 11.7 Å². The molecule has 0 saturated carbocycles. The molecule has 1 aromatic carbocycles. The van der Waals surface area contributed by atoms with Gasteiger partial charge >= 0.3 is 0 Å². The zero-order chi connectivity index (χ0) is 10.7. The zero-order valence-corrected chi connectivity index (χ0v) is 9.86. The van der Waals surface area contributed by atoms with E-state index in [2.05, 4.69) is 21.2 Å². The monoisotopic (exact) mass is 281 g/mol. The Morgan fingerprint density at radius 3 is 2.86 bits per heavy atom. The Balaban J connectivity index is 3.04. The van der Waals surface area contributed by atoms with Gasteiger partial charge in [0.1, 0.15) is 0 Å². The van der Waals surface area contributed by atoms with Crippen LogP contribution in [0.4, 0.5) is 4.39 Å². The molecule has 2 nitrogen and oxygen atoms in total. The molecule has 5 heteroatoms. The van der Waals surface area contributed by atoms with Crippen molar-refractivity contribution >= 4 is 27.5 Å². The van der Waals surface area contributed by atoms with Gasteiger partial charge in [0.15, 0.2) is 5.82 Å². The fraction of sp³-hybridized carbons (Fsp3) is 0.333. The van der Waals surface area contributed by atoms with Gasteiger partial charge < -0.3 is 10.4 Å². The van der Waals surface area contributed by atoms with Gasteiger partial charge in [-0.1, -0.05) is 17.7 Å². The molecule has 14 heavy (non-hydrogen) atoms. The van der Waals surface area contributed by atoms with Crippen LogP contribution in [-0.4, -0.2) is 18.7 Å². The summed E-state index contributed by atoms with van der Waals surface area (Å²) in [6.07, 6.45) is -0.749. The lowest BCUT2D eigenvalue weighted by atomic mass is 10.1. The number of likely N-dealkylation sites (N-methyl/N-ethyl adjacent to an activating group) is 1. The highest BCUT2D eigenvalue weighted by Crippen LogP contribution is 2.30. The van der Waals surface area contributed by atoms with Gasteiger partial charge in [0.25, 0.3) is 0 Å². The zero-order valence-electron chi connectivity index (χ0n) is 7.52. The minimum Gasteiger partial charge on any atom is -0.387 e. The molecule has 0 fully saturated rings. The summed E-state index contributed by atoms with van der Waals surface area (Å²) >= 11 is 8.62. The second-order valence-electron chi connectivity index (χ2n) is 2.84. The number of benzene rings is 1. The Kier molecular flexibility index (Phi) is 4.31. The van der Waals surface area contributed by atoms with Gasteiger partial charge in [0.05, 0.1) is 15.6 Å². The van der Waals surface area contributed by atoms with Gasteiger partial charge in [0.2, 0.25) is 0 Å². The van der Waals surface area contributed by atoms with Crippen LogP contribution in [0.15, 0.2) is 16.6 Å². The quantitative estimate of drug-likeness (QED) is 0.835. The number of halogens is 3. The molecule has 0 aliphatic rings. The van der Waals surface area contributed by atoms with Crippen molar-refractivity contribution < 1.29 is 9.50 Å². The highest BCUT2D eigenvalue weighted by atomic mass is 79.9. The first-order valence-corrected chi connectivity index (χ1v) is 5.21. The van der Waals surface area contributed by atoms with Crippen molar-refractivity contribution in [2.75, 3.05) is 13.6 Å². The number of aliphatic hydroxyl groups is 1. The van der Waals surface area contributed by atoms with Crippen LogP contribution >= 0.6 is 27.5 Å². The third-order valence-corrected chi connectivity index (χ3v) is 2.92. The number of hydrogen-bond donors (Lipinski definition) is 2. The molecule has 0 radical (unpaired) electrons. The Bertz CT molecular complexity index is 335. The van der Waals surface area contributed by atoms with E-state index in [-0.39, 0.29) is 9.50 Å². The fourth-order valence-corrected chi connectivity index (χ4v) is 1.98. The summed E-state index contributed by atoms with van der Waals surface area (Å²) in [7, 11) is 1.71. The Morgan fingerprint density at radius 2 is 2.29 bits per heavy atom. The molecule has 1 aromatic rings. The van der Waals surface area contributed by atoms with Crippen molar-refractivity contribution in [1.29, 1.82) is 0 Å². The first-order valence-electron chi connectivity index (χ1n) is 4.04. The van der Waals surface area contributed by atoms with E-state index in [1.807, 2.05) is 0 Å². The van der Waals surface area contributed by atoms with E-state index in [0.717, 1.165) is 0 Å². The Labute approximate surface area is 95.2 Å². The molecule has 0 aliphatic carbocycles.